The number of nitrogens with two attached hydrogens (primary N) is 1. The number of aryl methyl sites for hydroxylation is 1. The molecular weight excluding hydrogens is 292 g/mol. The molecule has 2 heterocycles. The molecule has 0 fully saturated rings. The molecule has 1 aromatic carbocycles. The molecule has 3 N–H and O–H groups in total. The lowest BCUT2D eigenvalue weighted by Crippen LogP contribution is -2.22. The highest BCUT2D eigenvalue weighted by Crippen LogP contribution is 2.32. The Labute approximate surface area is 135 Å². The molecule has 0 saturated heterocycles. The van der Waals surface area contributed by atoms with Crippen LogP contribution in [0.2, 0.25) is 0 Å². The van der Waals surface area contributed by atoms with E-state index in [9.17, 15) is 0 Å². The molecule has 1 aliphatic heterocycles. The Hall–Kier alpha value is -2.76. The monoisotopic (exact) mass is 312 g/mol. The van der Waals surface area contributed by atoms with Gasteiger partial charge in [0.25, 0.3) is 0 Å². The van der Waals surface area contributed by atoms with Gasteiger partial charge in [-0.1, -0.05) is 6.07 Å². The van der Waals surface area contributed by atoms with E-state index in [2.05, 4.69) is 15.3 Å². The number of ether oxygens (including phenoxy) is 2. The van der Waals surface area contributed by atoms with E-state index in [1.54, 1.807) is 6.20 Å². The zero-order chi connectivity index (χ0) is 16.1. The summed E-state index contributed by atoms with van der Waals surface area (Å²) in [5, 5.41) is 3.07. The molecule has 1 aliphatic rings. The molecule has 0 radical (unpaired) electrons. The molecule has 0 spiro atoms. The van der Waals surface area contributed by atoms with E-state index in [0.717, 1.165) is 34.9 Å². The molecule has 6 nitrogen and oxygen atoms in total. The third-order valence-electron chi connectivity index (χ3n) is 3.54. The van der Waals surface area contributed by atoms with Gasteiger partial charge in [0.15, 0.2) is 17.5 Å². The van der Waals surface area contributed by atoms with Crippen LogP contribution >= 0.6 is 0 Å². The van der Waals surface area contributed by atoms with Gasteiger partial charge < -0.3 is 20.5 Å². The van der Waals surface area contributed by atoms with Gasteiger partial charge >= 0.3 is 0 Å². The van der Waals surface area contributed by atoms with Crippen molar-refractivity contribution >= 4 is 11.6 Å². The summed E-state index contributed by atoms with van der Waals surface area (Å²) in [6.07, 6.45) is 2.63. The minimum Gasteiger partial charge on any atom is -0.490 e. The van der Waals surface area contributed by atoms with Gasteiger partial charge in [-0.15, -0.1) is 0 Å². The molecule has 1 aromatic heterocycles. The minimum absolute atomic E-state index is 0.338. The predicted molar refractivity (Wildman–Crippen MR) is 90.0 cm³/mol. The first-order chi connectivity index (χ1) is 11.2. The van der Waals surface area contributed by atoms with Crippen LogP contribution in [0.5, 0.6) is 11.5 Å². The number of hydrogen-bond acceptors (Lipinski definition) is 4. The molecule has 6 heteroatoms. The molecule has 120 valence electrons. The fourth-order valence-corrected chi connectivity index (χ4v) is 2.27. The molecule has 3 rings (SSSR count). The molecule has 2 aromatic rings. The molecule has 0 bridgehead atoms. The lowest BCUT2D eigenvalue weighted by molar-refractivity contribution is 0.297. The van der Waals surface area contributed by atoms with Crippen molar-refractivity contribution in [2.75, 3.05) is 18.5 Å². The molecule has 23 heavy (non-hydrogen) atoms. The number of nitrogens with one attached hydrogen (secondary N) is 1. The summed E-state index contributed by atoms with van der Waals surface area (Å²) in [7, 11) is 0. The zero-order valence-corrected chi connectivity index (χ0v) is 13.1. The number of fused-ring (bicyclic) bond motifs is 1. The van der Waals surface area contributed by atoms with E-state index in [0.29, 0.717) is 25.7 Å². The standard InChI is InChI=1S/C17H20N4O2/c1-12-4-2-7-19-14(12)11-20-17(18)21-13-5-6-15-16(10-13)23-9-3-8-22-15/h2,4-7,10H,3,8-9,11H2,1H3,(H3,18,20,21). The Balaban J connectivity index is 1.68. The quantitative estimate of drug-likeness (QED) is 0.672. The van der Waals surface area contributed by atoms with Crippen molar-refractivity contribution in [2.45, 2.75) is 19.9 Å². The van der Waals surface area contributed by atoms with Crippen LogP contribution in [-0.4, -0.2) is 24.2 Å². The number of benzene rings is 1. The summed E-state index contributed by atoms with van der Waals surface area (Å²) >= 11 is 0. The number of aliphatic imine (C=N–C) groups is 1. The molecule has 0 atom stereocenters. The van der Waals surface area contributed by atoms with Gasteiger partial charge in [0.1, 0.15) is 0 Å². The largest absolute Gasteiger partial charge is 0.490 e. The third kappa shape index (κ3) is 3.91. The summed E-state index contributed by atoms with van der Waals surface area (Å²) < 4.78 is 11.3. The van der Waals surface area contributed by atoms with Crippen molar-refractivity contribution < 1.29 is 9.47 Å². The van der Waals surface area contributed by atoms with Gasteiger partial charge in [0.2, 0.25) is 0 Å². The fourth-order valence-electron chi connectivity index (χ4n) is 2.27. The summed E-state index contributed by atoms with van der Waals surface area (Å²) in [5.41, 5.74) is 8.77. The van der Waals surface area contributed by atoms with Crippen molar-refractivity contribution in [3.05, 3.63) is 47.8 Å². The molecule has 0 unspecified atom stereocenters. The van der Waals surface area contributed by atoms with E-state index in [1.165, 1.54) is 0 Å². The predicted octanol–water partition coefficient (Wildman–Crippen LogP) is 2.48. The van der Waals surface area contributed by atoms with Gasteiger partial charge in [-0.3, -0.25) is 4.98 Å². The fraction of sp³-hybridized carbons (Fsp3) is 0.294. The van der Waals surface area contributed by atoms with Crippen molar-refractivity contribution in [3.63, 3.8) is 0 Å². The van der Waals surface area contributed by atoms with E-state index < -0.39 is 0 Å². The lowest BCUT2D eigenvalue weighted by atomic mass is 10.2. The van der Waals surface area contributed by atoms with Crippen LogP contribution in [0, 0.1) is 6.92 Å². The summed E-state index contributed by atoms with van der Waals surface area (Å²) in [5.74, 6) is 1.82. The van der Waals surface area contributed by atoms with Crippen LogP contribution in [-0.2, 0) is 6.54 Å². The van der Waals surface area contributed by atoms with E-state index in [1.807, 2.05) is 37.3 Å². The lowest BCUT2D eigenvalue weighted by Gasteiger charge is -2.11. The number of anilines is 1. The zero-order valence-electron chi connectivity index (χ0n) is 13.1. The van der Waals surface area contributed by atoms with Crippen LogP contribution < -0.4 is 20.5 Å². The number of hydrogen-bond donors (Lipinski definition) is 2. The van der Waals surface area contributed by atoms with Crippen molar-refractivity contribution in [1.82, 2.24) is 4.98 Å². The maximum absolute atomic E-state index is 5.95. The van der Waals surface area contributed by atoms with Gasteiger partial charge in [-0.05, 0) is 30.7 Å². The Morgan fingerprint density at radius 3 is 2.91 bits per heavy atom. The number of nitrogens with zero attached hydrogens (tertiary/aromatic N) is 2. The summed E-state index contributed by atoms with van der Waals surface area (Å²) in [4.78, 5) is 8.63. The second-order valence-electron chi connectivity index (χ2n) is 5.31. The molecule has 0 saturated carbocycles. The molecule has 0 aliphatic carbocycles. The molecule has 0 amide bonds. The highest BCUT2D eigenvalue weighted by Gasteiger charge is 2.10. The van der Waals surface area contributed by atoms with Crippen molar-refractivity contribution in [1.29, 1.82) is 0 Å². The average Bonchev–Trinajstić information content (AvgIpc) is 2.79. The first-order valence-corrected chi connectivity index (χ1v) is 7.59. The second kappa shape index (κ2) is 7.00. The topological polar surface area (TPSA) is 81.8 Å². The Morgan fingerprint density at radius 1 is 1.26 bits per heavy atom. The smallest absolute Gasteiger partial charge is 0.193 e. The maximum atomic E-state index is 5.95. The SMILES string of the molecule is Cc1cccnc1CN=C(N)Nc1ccc2c(c1)OCCCO2. The van der Waals surface area contributed by atoms with Crippen LogP contribution in [0.15, 0.2) is 41.5 Å². The third-order valence-corrected chi connectivity index (χ3v) is 3.54. The number of aromatic nitrogens is 1. The van der Waals surface area contributed by atoms with Crippen molar-refractivity contribution in [3.8, 4) is 11.5 Å². The van der Waals surface area contributed by atoms with Gasteiger partial charge in [0, 0.05) is 24.4 Å². The Bertz CT molecular complexity index is 715. The van der Waals surface area contributed by atoms with E-state index in [-0.39, 0.29) is 0 Å². The number of pyridine rings is 1. The van der Waals surface area contributed by atoms with E-state index >= 15 is 0 Å². The minimum atomic E-state index is 0.338. The second-order valence-corrected chi connectivity index (χ2v) is 5.31. The number of guanidine groups is 1. The van der Waals surface area contributed by atoms with Crippen LogP contribution in [0.1, 0.15) is 17.7 Å². The van der Waals surface area contributed by atoms with Crippen LogP contribution in [0.25, 0.3) is 0 Å². The first-order valence-electron chi connectivity index (χ1n) is 7.59. The average molecular weight is 312 g/mol. The highest BCUT2D eigenvalue weighted by molar-refractivity contribution is 5.92. The Morgan fingerprint density at radius 2 is 2.09 bits per heavy atom. The summed E-state index contributed by atoms with van der Waals surface area (Å²) in [6.45, 7) is 3.77. The maximum Gasteiger partial charge on any atom is 0.193 e. The number of rotatable bonds is 3. The van der Waals surface area contributed by atoms with Gasteiger partial charge in [0.05, 0.1) is 25.5 Å². The Kier molecular flexibility index (Phi) is 4.61. The van der Waals surface area contributed by atoms with E-state index in [4.69, 9.17) is 15.2 Å². The highest BCUT2D eigenvalue weighted by atomic mass is 16.5. The summed E-state index contributed by atoms with van der Waals surface area (Å²) in [6, 6.07) is 9.54. The molecular formula is C17H20N4O2. The van der Waals surface area contributed by atoms with Gasteiger partial charge in [-0.2, -0.15) is 0 Å². The van der Waals surface area contributed by atoms with Crippen LogP contribution in [0.3, 0.4) is 0 Å². The normalized spacial score (nSPS) is 14.2. The van der Waals surface area contributed by atoms with Crippen LogP contribution in [0.4, 0.5) is 5.69 Å². The van der Waals surface area contributed by atoms with Gasteiger partial charge in [-0.25, -0.2) is 4.99 Å². The first kappa shape index (κ1) is 15.1. The van der Waals surface area contributed by atoms with Crippen molar-refractivity contribution in [2.24, 2.45) is 10.7 Å².